The third kappa shape index (κ3) is 11.4. The van der Waals surface area contributed by atoms with Crippen LogP contribution in [0.15, 0.2) is 10.2 Å². The van der Waals surface area contributed by atoms with Crippen molar-refractivity contribution >= 4 is 34.5 Å². The maximum absolute atomic E-state index is 6.99. The van der Waals surface area contributed by atoms with Gasteiger partial charge in [0.25, 0.3) is 0 Å². The Morgan fingerprint density at radius 1 is 1.11 bits per heavy atom. The molecule has 0 bridgehead atoms. The first-order chi connectivity index (χ1) is 8.72. The molecule has 0 fully saturated rings. The number of rotatable bonds is 10. The van der Waals surface area contributed by atoms with Crippen LogP contribution < -0.4 is 0 Å². The van der Waals surface area contributed by atoms with Gasteiger partial charge in [0.2, 0.25) is 0 Å². The van der Waals surface area contributed by atoms with Gasteiger partial charge >= 0.3 is 130 Å². The van der Waals surface area contributed by atoms with E-state index in [1.807, 2.05) is 0 Å². The molecule has 0 spiro atoms. The summed E-state index contributed by atoms with van der Waals surface area (Å²) in [5.41, 5.74) is 0. The summed E-state index contributed by atoms with van der Waals surface area (Å²) in [7, 11) is 5.55. The third-order valence-electron chi connectivity index (χ3n) is 3.10. The van der Waals surface area contributed by atoms with Crippen LogP contribution in [0.2, 0.25) is 28.5 Å². The quantitative estimate of drug-likeness (QED) is 0.394. The number of hydrogen-bond acceptors (Lipinski definition) is 1. The van der Waals surface area contributed by atoms with E-state index in [2.05, 4.69) is 50.6 Å². The summed E-state index contributed by atoms with van der Waals surface area (Å²) >= 11 is -2.49. The Labute approximate surface area is 129 Å². The summed E-state index contributed by atoms with van der Waals surface area (Å²) in [6.07, 6.45) is 7.57. The average molecular weight is 412 g/mol. The van der Waals surface area contributed by atoms with E-state index in [9.17, 15) is 0 Å². The Bertz CT molecular complexity index is 255. The summed E-state index contributed by atoms with van der Waals surface area (Å²) in [5, 5.41) is 0. The van der Waals surface area contributed by atoms with Crippen molar-refractivity contribution in [2.24, 2.45) is 0 Å². The molecule has 0 aromatic rings. The Balaban J connectivity index is 4.51. The van der Waals surface area contributed by atoms with Gasteiger partial charge in [0.15, 0.2) is 0 Å². The molecule has 1 nitrogen and oxygen atoms in total. The van der Waals surface area contributed by atoms with Crippen molar-refractivity contribution in [2.75, 3.05) is 0 Å². The van der Waals surface area contributed by atoms with Crippen molar-refractivity contribution in [3.63, 3.8) is 0 Å². The number of hydrogen-bond donors (Lipinski definition) is 0. The standard InChI is InChI=1S/C7H15OSi.2C4H9.ClH.Sn/c1-6-7(2)8-9(3,4)5;2*1-3-4-2;;/h1,6-7H,2-5H3;2*1,3-4H2,2H3;1H;/q;;;;+1/p-1. The second-order valence-corrected chi connectivity index (χ2v) is 25.8. The molecular weight excluding hydrogens is 378 g/mol. The topological polar surface area (TPSA) is 9.23 Å². The SMILES string of the molecule is CCC[CH2][Sn]([Cl])(/[CH]=C\C(C)O[Si](C)(C)C)[CH2]CCC. The molecule has 0 aliphatic heterocycles. The molecule has 0 aromatic heterocycles. The predicted octanol–water partition coefficient (Wildman–Crippen LogP) is 6.11. The molecule has 0 saturated heterocycles. The van der Waals surface area contributed by atoms with E-state index in [4.69, 9.17) is 13.3 Å². The Kier molecular flexibility index (Phi) is 10.4. The molecule has 0 rings (SSSR count). The van der Waals surface area contributed by atoms with Crippen LogP contribution in [0.5, 0.6) is 0 Å². The summed E-state index contributed by atoms with van der Waals surface area (Å²) in [6, 6.07) is 0. The number of unbranched alkanes of at least 4 members (excludes halogenated alkanes) is 2. The van der Waals surface area contributed by atoms with Crippen molar-refractivity contribution < 1.29 is 4.43 Å². The molecule has 0 amide bonds. The van der Waals surface area contributed by atoms with Crippen LogP contribution in [0.25, 0.3) is 0 Å². The van der Waals surface area contributed by atoms with Gasteiger partial charge < -0.3 is 0 Å². The Morgan fingerprint density at radius 3 is 1.95 bits per heavy atom. The van der Waals surface area contributed by atoms with Crippen LogP contribution in [0.4, 0.5) is 0 Å². The first kappa shape index (κ1) is 20.0. The molecule has 0 N–H and O–H groups in total. The molecule has 0 heterocycles. The van der Waals surface area contributed by atoms with E-state index in [1.54, 1.807) is 0 Å². The van der Waals surface area contributed by atoms with Crippen LogP contribution in [0.1, 0.15) is 46.5 Å². The molecule has 0 saturated carbocycles. The van der Waals surface area contributed by atoms with Gasteiger partial charge in [-0.2, -0.15) is 0 Å². The first-order valence-electron chi connectivity index (χ1n) is 7.78. The van der Waals surface area contributed by atoms with Gasteiger partial charge in [-0.05, 0) is 0 Å². The van der Waals surface area contributed by atoms with Crippen molar-refractivity contribution in [1.29, 1.82) is 0 Å². The van der Waals surface area contributed by atoms with Crippen LogP contribution in [0.3, 0.4) is 0 Å². The van der Waals surface area contributed by atoms with Gasteiger partial charge in [-0.1, -0.05) is 0 Å². The minimum absolute atomic E-state index is 0.227. The van der Waals surface area contributed by atoms with Crippen LogP contribution in [0, 0.1) is 0 Å². The van der Waals surface area contributed by atoms with E-state index >= 15 is 0 Å². The van der Waals surface area contributed by atoms with E-state index in [-0.39, 0.29) is 6.10 Å². The molecule has 19 heavy (non-hydrogen) atoms. The summed E-state index contributed by atoms with van der Waals surface area (Å²) in [4.78, 5) is 0. The predicted molar refractivity (Wildman–Crippen MR) is 94.1 cm³/mol. The zero-order chi connectivity index (χ0) is 14.9. The minimum atomic E-state index is -2.49. The van der Waals surface area contributed by atoms with Gasteiger partial charge in [-0.15, -0.1) is 0 Å². The van der Waals surface area contributed by atoms with E-state index in [1.165, 1.54) is 34.6 Å². The summed E-state index contributed by atoms with van der Waals surface area (Å²) in [5.74, 6) is 0. The molecule has 0 aliphatic carbocycles. The van der Waals surface area contributed by atoms with Crippen LogP contribution in [-0.2, 0) is 4.43 Å². The summed E-state index contributed by atoms with van der Waals surface area (Å²) in [6.45, 7) is 13.4. The monoisotopic (exact) mass is 412 g/mol. The van der Waals surface area contributed by atoms with E-state index in [0.717, 1.165) is 0 Å². The Morgan fingerprint density at radius 2 is 1.58 bits per heavy atom. The average Bonchev–Trinajstić information content (AvgIpc) is 2.30. The van der Waals surface area contributed by atoms with Gasteiger partial charge in [-0.3, -0.25) is 0 Å². The molecule has 114 valence electrons. The molecular formula is C15H33ClOSiSn. The molecule has 0 aliphatic rings. The fourth-order valence-corrected chi connectivity index (χ4v) is 14.4. The van der Waals surface area contributed by atoms with Crippen molar-refractivity contribution in [1.82, 2.24) is 0 Å². The fraction of sp³-hybridized carbons (Fsp3) is 0.867. The second kappa shape index (κ2) is 9.85. The second-order valence-electron chi connectivity index (χ2n) is 6.54. The molecule has 1 unspecified atom stereocenters. The van der Waals surface area contributed by atoms with Gasteiger partial charge in [0.1, 0.15) is 0 Å². The van der Waals surface area contributed by atoms with Crippen molar-refractivity contribution in [2.45, 2.75) is 81.1 Å². The molecule has 0 radical (unpaired) electrons. The normalized spacial score (nSPS) is 15.1. The van der Waals surface area contributed by atoms with Crippen molar-refractivity contribution in [3.05, 3.63) is 10.2 Å². The molecule has 0 aromatic carbocycles. The zero-order valence-corrected chi connectivity index (χ0v) is 18.4. The molecule has 4 heteroatoms. The first-order valence-corrected chi connectivity index (χ1v) is 20.5. The Hall–Kier alpha value is 1.01. The number of halogens is 1. The van der Waals surface area contributed by atoms with E-state index in [0.29, 0.717) is 0 Å². The van der Waals surface area contributed by atoms with Crippen LogP contribution >= 0.6 is 8.92 Å². The third-order valence-corrected chi connectivity index (χ3v) is 16.6. The summed E-state index contributed by atoms with van der Waals surface area (Å²) < 4.78 is 11.0. The fourth-order valence-electron chi connectivity index (χ4n) is 2.14. The maximum atomic E-state index is 6.99. The van der Waals surface area contributed by atoms with E-state index < -0.39 is 25.6 Å². The zero-order valence-electron chi connectivity index (χ0n) is 13.8. The van der Waals surface area contributed by atoms with Gasteiger partial charge in [0, 0.05) is 0 Å². The van der Waals surface area contributed by atoms with Gasteiger partial charge in [0.05, 0.1) is 0 Å². The molecule has 1 atom stereocenters. The van der Waals surface area contributed by atoms with Crippen molar-refractivity contribution in [3.8, 4) is 0 Å². The van der Waals surface area contributed by atoms with Gasteiger partial charge in [-0.25, -0.2) is 0 Å². The van der Waals surface area contributed by atoms with Crippen LogP contribution in [-0.4, -0.2) is 31.7 Å².